The Kier molecular flexibility index (Phi) is 6.63. The molecular formula is C25H22F3N3O2. The Bertz CT molecular complexity index is 1270. The fourth-order valence-corrected chi connectivity index (χ4v) is 3.59. The monoisotopic (exact) mass is 453 g/mol. The fourth-order valence-electron chi connectivity index (χ4n) is 3.59. The van der Waals surface area contributed by atoms with E-state index in [2.05, 4.69) is 10.3 Å². The topological polar surface area (TPSA) is 55.6 Å². The van der Waals surface area contributed by atoms with E-state index in [1.807, 2.05) is 0 Å². The van der Waals surface area contributed by atoms with E-state index in [1.54, 1.807) is 41.8 Å². The third-order valence-corrected chi connectivity index (χ3v) is 5.28. The number of amides is 1. The van der Waals surface area contributed by atoms with Crippen LogP contribution < -0.4 is 10.1 Å². The summed E-state index contributed by atoms with van der Waals surface area (Å²) < 4.78 is 48.0. The zero-order chi connectivity index (χ0) is 23.4. The first-order valence-electron chi connectivity index (χ1n) is 10.5. The van der Waals surface area contributed by atoms with E-state index in [0.717, 1.165) is 5.56 Å². The Morgan fingerprint density at radius 2 is 1.76 bits per heavy atom. The zero-order valence-corrected chi connectivity index (χ0v) is 17.9. The summed E-state index contributed by atoms with van der Waals surface area (Å²) in [7, 11) is 0. The minimum Gasteiger partial charge on any atom is -0.485 e. The van der Waals surface area contributed by atoms with Gasteiger partial charge in [0.25, 0.3) is 5.91 Å². The Morgan fingerprint density at radius 1 is 1.03 bits per heavy atom. The Balaban J connectivity index is 1.44. The lowest BCUT2D eigenvalue weighted by Crippen LogP contribution is -2.26. The van der Waals surface area contributed by atoms with Crippen LogP contribution in [0.2, 0.25) is 0 Å². The fraction of sp³-hybridized carbons (Fsp3) is 0.200. The third-order valence-electron chi connectivity index (χ3n) is 5.28. The van der Waals surface area contributed by atoms with Crippen molar-refractivity contribution in [1.82, 2.24) is 14.7 Å². The van der Waals surface area contributed by atoms with Crippen LogP contribution in [0.5, 0.6) is 5.75 Å². The molecule has 1 N–H and O–H groups in total. The number of pyridine rings is 1. The van der Waals surface area contributed by atoms with Crippen molar-refractivity contribution >= 4 is 11.6 Å². The number of carbonyl (C=O) groups is 1. The van der Waals surface area contributed by atoms with Crippen LogP contribution in [0.25, 0.3) is 5.65 Å². The molecule has 2 aromatic carbocycles. The van der Waals surface area contributed by atoms with Gasteiger partial charge in [0.1, 0.15) is 29.8 Å². The van der Waals surface area contributed by atoms with Crippen LogP contribution in [0.3, 0.4) is 0 Å². The van der Waals surface area contributed by atoms with E-state index in [1.165, 1.54) is 30.3 Å². The predicted molar refractivity (Wildman–Crippen MR) is 118 cm³/mol. The summed E-state index contributed by atoms with van der Waals surface area (Å²) >= 11 is 0. The molecule has 4 aromatic rings. The quantitative estimate of drug-likeness (QED) is 0.382. The van der Waals surface area contributed by atoms with Crippen LogP contribution in [0.15, 0.2) is 60.8 Å². The van der Waals surface area contributed by atoms with Crippen molar-refractivity contribution in [2.24, 2.45) is 0 Å². The number of aryl methyl sites for hydroxylation is 2. The van der Waals surface area contributed by atoms with E-state index in [9.17, 15) is 18.0 Å². The first kappa shape index (κ1) is 22.4. The largest absolute Gasteiger partial charge is 0.485 e. The highest BCUT2D eigenvalue weighted by molar-refractivity contribution is 5.94. The number of halogens is 3. The first-order chi connectivity index (χ1) is 15.9. The maximum Gasteiger partial charge on any atom is 0.270 e. The highest BCUT2D eigenvalue weighted by atomic mass is 19.1. The summed E-state index contributed by atoms with van der Waals surface area (Å²) in [5, 5.41) is 2.88. The molecule has 8 heteroatoms. The van der Waals surface area contributed by atoms with E-state index in [-0.39, 0.29) is 23.9 Å². The number of hydrogen-bond acceptors (Lipinski definition) is 3. The number of rotatable bonds is 8. The molecule has 0 bridgehead atoms. The van der Waals surface area contributed by atoms with Crippen LogP contribution >= 0.6 is 0 Å². The predicted octanol–water partition coefficient (Wildman–Crippen LogP) is 5.00. The molecule has 5 nitrogen and oxygen atoms in total. The van der Waals surface area contributed by atoms with Gasteiger partial charge in [0.15, 0.2) is 11.4 Å². The molecule has 0 spiro atoms. The second-order valence-electron chi connectivity index (χ2n) is 7.59. The minimum atomic E-state index is -0.692. The standard InChI is InChI=1S/C25H22F3N3O2/c1-16-23(25(32)29-13-3-5-17-9-11-18(26)12-10-17)31-14-4-8-22(24(31)30-16)33-15-19-20(27)6-2-7-21(19)28/h2,4,6-12,14H,3,5,13,15H2,1H3,(H,29,32). The van der Waals surface area contributed by atoms with Gasteiger partial charge in [0, 0.05) is 12.7 Å². The van der Waals surface area contributed by atoms with Crippen molar-refractivity contribution in [3.05, 3.63) is 101 Å². The maximum atomic E-state index is 13.9. The van der Waals surface area contributed by atoms with Gasteiger partial charge in [-0.15, -0.1) is 0 Å². The summed E-state index contributed by atoms with van der Waals surface area (Å²) in [6.45, 7) is 1.83. The number of nitrogens with zero attached hydrogens (tertiary/aromatic N) is 2. The van der Waals surface area contributed by atoms with E-state index < -0.39 is 11.6 Å². The number of hydrogen-bond donors (Lipinski definition) is 1. The van der Waals surface area contributed by atoms with Crippen molar-refractivity contribution in [2.45, 2.75) is 26.4 Å². The summed E-state index contributed by atoms with van der Waals surface area (Å²) in [6, 6.07) is 13.2. The smallest absolute Gasteiger partial charge is 0.270 e. The second-order valence-corrected chi connectivity index (χ2v) is 7.59. The average Bonchev–Trinajstić information content (AvgIpc) is 3.14. The highest BCUT2D eigenvalue weighted by Crippen LogP contribution is 2.24. The van der Waals surface area contributed by atoms with E-state index in [0.29, 0.717) is 42.2 Å². The molecule has 0 radical (unpaired) electrons. The van der Waals surface area contributed by atoms with Gasteiger partial charge in [-0.2, -0.15) is 0 Å². The molecule has 0 aliphatic rings. The third kappa shape index (κ3) is 5.00. The SMILES string of the molecule is Cc1nc2c(OCc3c(F)cccc3F)cccn2c1C(=O)NCCCc1ccc(F)cc1. The molecule has 1 amide bonds. The van der Waals surface area contributed by atoms with Gasteiger partial charge in [0.2, 0.25) is 0 Å². The number of nitrogens with one attached hydrogen (secondary N) is 1. The van der Waals surface area contributed by atoms with Gasteiger partial charge in [-0.3, -0.25) is 9.20 Å². The minimum absolute atomic E-state index is 0.179. The molecule has 33 heavy (non-hydrogen) atoms. The normalized spacial score (nSPS) is 11.0. The molecule has 0 saturated heterocycles. The lowest BCUT2D eigenvalue weighted by atomic mass is 10.1. The summed E-state index contributed by atoms with van der Waals surface area (Å²) in [4.78, 5) is 17.2. The molecule has 2 aromatic heterocycles. The van der Waals surface area contributed by atoms with Gasteiger partial charge in [-0.05, 0) is 61.7 Å². The van der Waals surface area contributed by atoms with Gasteiger partial charge >= 0.3 is 0 Å². The number of ether oxygens (including phenoxy) is 1. The lowest BCUT2D eigenvalue weighted by Gasteiger charge is -2.10. The van der Waals surface area contributed by atoms with Crippen LogP contribution in [0.4, 0.5) is 13.2 Å². The molecular weight excluding hydrogens is 431 g/mol. The molecule has 0 atom stereocenters. The number of fused-ring (bicyclic) bond motifs is 1. The van der Waals surface area contributed by atoms with Crippen LogP contribution in [0.1, 0.15) is 33.7 Å². The molecule has 0 unspecified atom stereocenters. The van der Waals surface area contributed by atoms with E-state index >= 15 is 0 Å². The van der Waals surface area contributed by atoms with Crippen LogP contribution in [-0.2, 0) is 13.0 Å². The summed E-state index contributed by atoms with van der Waals surface area (Å²) in [5.74, 6) is -1.66. The summed E-state index contributed by atoms with van der Waals surface area (Å²) in [6.07, 6.45) is 3.08. The molecule has 170 valence electrons. The van der Waals surface area contributed by atoms with Crippen molar-refractivity contribution in [3.63, 3.8) is 0 Å². The molecule has 0 saturated carbocycles. The van der Waals surface area contributed by atoms with Crippen molar-refractivity contribution in [1.29, 1.82) is 0 Å². The number of imidazole rings is 1. The lowest BCUT2D eigenvalue weighted by molar-refractivity contribution is 0.0946. The Hall–Kier alpha value is -3.81. The molecule has 0 fully saturated rings. The molecule has 2 heterocycles. The van der Waals surface area contributed by atoms with Crippen molar-refractivity contribution < 1.29 is 22.7 Å². The molecule has 0 aliphatic carbocycles. The first-order valence-corrected chi connectivity index (χ1v) is 10.5. The average molecular weight is 453 g/mol. The Labute approximate surface area is 188 Å². The van der Waals surface area contributed by atoms with Gasteiger partial charge in [-0.1, -0.05) is 18.2 Å². The number of aromatic nitrogens is 2. The van der Waals surface area contributed by atoms with E-state index in [4.69, 9.17) is 4.74 Å². The van der Waals surface area contributed by atoms with Gasteiger partial charge in [-0.25, -0.2) is 18.2 Å². The zero-order valence-electron chi connectivity index (χ0n) is 17.9. The van der Waals surface area contributed by atoms with Gasteiger partial charge < -0.3 is 10.1 Å². The molecule has 0 aliphatic heterocycles. The van der Waals surface area contributed by atoms with Crippen LogP contribution in [-0.4, -0.2) is 21.8 Å². The van der Waals surface area contributed by atoms with Crippen LogP contribution in [0, 0.1) is 24.4 Å². The highest BCUT2D eigenvalue weighted by Gasteiger charge is 2.19. The van der Waals surface area contributed by atoms with Crippen molar-refractivity contribution in [2.75, 3.05) is 6.54 Å². The number of carbonyl (C=O) groups excluding carboxylic acids is 1. The summed E-state index contributed by atoms with van der Waals surface area (Å²) in [5.41, 5.74) is 2.04. The Morgan fingerprint density at radius 3 is 2.48 bits per heavy atom. The number of benzene rings is 2. The maximum absolute atomic E-state index is 13.9. The molecule has 4 rings (SSSR count). The van der Waals surface area contributed by atoms with Crippen molar-refractivity contribution in [3.8, 4) is 5.75 Å². The van der Waals surface area contributed by atoms with Gasteiger partial charge in [0.05, 0.1) is 11.3 Å². The second kappa shape index (κ2) is 9.77.